The third-order valence-electron chi connectivity index (χ3n) is 4.74. The first-order valence-corrected chi connectivity index (χ1v) is 8.47. The van der Waals surface area contributed by atoms with Crippen LogP contribution in [0.4, 0.5) is 5.13 Å². The topological polar surface area (TPSA) is 42.0 Å². The number of thiazole rings is 1. The highest BCUT2D eigenvalue weighted by Gasteiger charge is 2.29. The lowest BCUT2D eigenvalue weighted by atomic mass is 9.85. The molecule has 2 aliphatic rings. The van der Waals surface area contributed by atoms with Crippen LogP contribution >= 0.6 is 11.3 Å². The molecule has 3 aromatic rings. The molecule has 1 N–H and O–H groups in total. The molecule has 1 heterocycles. The van der Waals surface area contributed by atoms with Crippen molar-refractivity contribution < 1.29 is 4.79 Å². The second-order valence-electron chi connectivity index (χ2n) is 6.02. The summed E-state index contributed by atoms with van der Waals surface area (Å²) in [7, 11) is 0. The van der Waals surface area contributed by atoms with Gasteiger partial charge in [0, 0.05) is 17.0 Å². The van der Waals surface area contributed by atoms with Crippen LogP contribution in [-0.2, 0) is 4.79 Å². The van der Waals surface area contributed by atoms with Crippen LogP contribution in [0.25, 0.3) is 32.5 Å². The largest absolute Gasteiger partial charge is 0.302 e. The molecule has 0 aliphatic heterocycles. The van der Waals surface area contributed by atoms with Crippen molar-refractivity contribution in [3.63, 3.8) is 0 Å². The van der Waals surface area contributed by atoms with Crippen LogP contribution < -0.4 is 5.32 Å². The number of carbonyl (C=O) groups excluding carboxylic acids is 1. The second kappa shape index (κ2) is 4.40. The van der Waals surface area contributed by atoms with E-state index in [1.807, 2.05) is 0 Å². The molecule has 0 bridgehead atoms. The standard InChI is InChI=1S/C18H14N2OS/c21-17(11-6-1-7-11)20-18-19-15-12-8-2-4-10-5-3-9-13(14(10)12)16(15)22-18/h2-5,8-9,11H,1,6-7H2,(H,19,20,21). The summed E-state index contributed by atoms with van der Waals surface area (Å²) in [6.07, 6.45) is 3.19. The number of nitrogens with one attached hydrogen (secondary N) is 1. The van der Waals surface area contributed by atoms with Gasteiger partial charge in [-0.05, 0) is 23.6 Å². The number of amides is 1. The van der Waals surface area contributed by atoms with E-state index in [0.717, 1.165) is 23.7 Å². The zero-order valence-corrected chi connectivity index (χ0v) is 12.7. The molecule has 0 unspecified atom stereocenters. The first kappa shape index (κ1) is 12.4. The number of carbonyl (C=O) groups is 1. The van der Waals surface area contributed by atoms with Crippen molar-refractivity contribution in [2.45, 2.75) is 19.3 Å². The van der Waals surface area contributed by atoms with Crippen LogP contribution in [0.2, 0.25) is 0 Å². The number of hydrogen-bond donors (Lipinski definition) is 1. The van der Waals surface area contributed by atoms with E-state index in [1.165, 1.54) is 33.2 Å². The third kappa shape index (κ3) is 1.61. The summed E-state index contributed by atoms with van der Waals surface area (Å²) in [6, 6.07) is 12.7. The lowest BCUT2D eigenvalue weighted by Gasteiger charge is -2.23. The molecule has 1 aromatic heterocycles. The zero-order valence-electron chi connectivity index (χ0n) is 11.9. The third-order valence-corrected chi connectivity index (χ3v) is 5.74. The van der Waals surface area contributed by atoms with Crippen LogP contribution in [0.5, 0.6) is 0 Å². The van der Waals surface area contributed by atoms with Gasteiger partial charge in [-0.15, -0.1) is 0 Å². The Hall–Kier alpha value is -2.20. The Kier molecular flexibility index (Phi) is 2.47. The molecule has 0 atom stereocenters. The van der Waals surface area contributed by atoms with E-state index in [-0.39, 0.29) is 11.8 Å². The molecule has 1 saturated carbocycles. The summed E-state index contributed by atoms with van der Waals surface area (Å²) in [5, 5.41) is 6.27. The predicted molar refractivity (Wildman–Crippen MR) is 90.0 cm³/mol. The summed E-state index contributed by atoms with van der Waals surface area (Å²) in [5.74, 6) is 0.319. The van der Waals surface area contributed by atoms with E-state index in [2.05, 4.69) is 41.7 Å². The highest BCUT2D eigenvalue weighted by Crippen LogP contribution is 2.50. The molecule has 5 rings (SSSR count). The molecule has 22 heavy (non-hydrogen) atoms. The fraction of sp³-hybridized carbons (Fsp3) is 0.222. The summed E-state index contributed by atoms with van der Waals surface area (Å²) in [5.41, 5.74) is 3.44. The summed E-state index contributed by atoms with van der Waals surface area (Å²) >= 11 is 1.59. The Morgan fingerprint density at radius 3 is 2.64 bits per heavy atom. The van der Waals surface area contributed by atoms with Gasteiger partial charge in [0.2, 0.25) is 5.91 Å². The highest BCUT2D eigenvalue weighted by atomic mass is 32.1. The number of fused-ring (bicyclic) bond motifs is 3. The molecule has 1 fully saturated rings. The Labute approximate surface area is 132 Å². The van der Waals surface area contributed by atoms with Gasteiger partial charge in [0.05, 0.1) is 10.6 Å². The molecule has 0 saturated heterocycles. The second-order valence-corrected chi connectivity index (χ2v) is 7.02. The van der Waals surface area contributed by atoms with Crippen LogP contribution in [0, 0.1) is 5.92 Å². The van der Waals surface area contributed by atoms with Crippen molar-refractivity contribution in [1.29, 1.82) is 0 Å². The van der Waals surface area contributed by atoms with Crippen molar-refractivity contribution >= 4 is 33.1 Å². The van der Waals surface area contributed by atoms with Crippen molar-refractivity contribution in [3.8, 4) is 21.7 Å². The van der Waals surface area contributed by atoms with Crippen molar-refractivity contribution in [3.05, 3.63) is 36.4 Å². The lowest BCUT2D eigenvalue weighted by Crippen LogP contribution is -2.27. The molecule has 4 heteroatoms. The Morgan fingerprint density at radius 2 is 1.91 bits per heavy atom. The molecule has 2 aliphatic carbocycles. The van der Waals surface area contributed by atoms with Crippen molar-refractivity contribution in [2.24, 2.45) is 5.92 Å². The fourth-order valence-corrected chi connectivity index (χ4v) is 4.36. The van der Waals surface area contributed by atoms with E-state index in [0.29, 0.717) is 0 Å². The Balaban J connectivity index is 1.58. The monoisotopic (exact) mass is 306 g/mol. The maximum atomic E-state index is 12.1. The number of rotatable bonds is 2. The van der Waals surface area contributed by atoms with Gasteiger partial charge in [0.1, 0.15) is 0 Å². The van der Waals surface area contributed by atoms with Crippen LogP contribution in [0.3, 0.4) is 0 Å². The lowest BCUT2D eigenvalue weighted by molar-refractivity contribution is -0.122. The average molecular weight is 306 g/mol. The first-order chi connectivity index (χ1) is 10.8. The average Bonchev–Trinajstić information content (AvgIpc) is 2.98. The first-order valence-electron chi connectivity index (χ1n) is 7.65. The zero-order chi connectivity index (χ0) is 14.7. The number of hydrogen-bond acceptors (Lipinski definition) is 3. The number of anilines is 1. The number of nitrogens with zero attached hydrogens (tertiary/aromatic N) is 1. The van der Waals surface area contributed by atoms with Gasteiger partial charge in [0.15, 0.2) is 5.13 Å². The highest BCUT2D eigenvalue weighted by molar-refractivity contribution is 7.20. The molecule has 1 amide bonds. The van der Waals surface area contributed by atoms with Gasteiger partial charge in [0.25, 0.3) is 0 Å². The maximum Gasteiger partial charge on any atom is 0.229 e. The molecule has 108 valence electrons. The van der Waals surface area contributed by atoms with Crippen LogP contribution in [0.1, 0.15) is 19.3 Å². The minimum Gasteiger partial charge on any atom is -0.302 e. The molecular weight excluding hydrogens is 292 g/mol. The molecule has 0 radical (unpaired) electrons. The Morgan fingerprint density at radius 1 is 1.14 bits per heavy atom. The molecule has 2 aromatic carbocycles. The minimum atomic E-state index is 0.130. The van der Waals surface area contributed by atoms with E-state index in [1.54, 1.807) is 11.3 Å². The normalized spacial score (nSPS) is 15.6. The van der Waals surface area contributed by atoms with Crippen LogP contribution in [0.15, 0.2) is 36.4 Å². The van der Waals surface area contributed by atoms with Crippen molar-refractivity contribution in [2.75, 3.05) is 5.32 Å². The fourth-order valence-electron chi connectivity index (χ4n) is 3.34. The van der Waals surface area contributed by atoms with E-state index in [9.17, 15) is 4.79 Å². The molecular formula is C18H14N2OS. The number of aromatic nitrogens is 1. The van der Waals surface area contributed by atoms with Gasteiger partial charge < -0.3 is 5.32 Å². The van der Waals surface area contributed by atoms with Gasteiger partial charge >= 0.3 is 0 Å². The maximum absolute atomic E-state index is 12.1. The van der Waals surface area contributed by atoms with Gasteiger partial charge in [-0.25, -0.2) is 4.98 Å². The number of benzene rings is 2. The summed E-state index contributed by atoms with van der Waals surface area (Å²) < 4.78 is 0. The summed E-state index contributed by atoms with van der Waals surface area (Å²) in [6.45, 7) is 0. The molecule has 3 nitrogen and oxygen atoms in total. The Bertz CT molecular complexity index is 868. The summed E-state index contributed by atoms with van der Waals surface area (Å²) in [4.78, 5) is 18.0. The minimum absolute atomic E-state index is 0.130. The van der Waals surface area contributed by atoms with E-state index < -0.39 is 0 Å². The van der Waals surface area contributed by atoms with Crippen molar-refractivity contribution in [1.82, 2.24) is 4.98 Å². The SMILES string of the molecule is O=C(Nc1nc2c(s1)-c1cccc3cccc-2c13)C1CCC1. The van der Waals surface area contributed by atoms with Crippen LogP contribution in [-0.4, -0.2) is 10.9 Å². The van der Waals surface area contributed by atoms with Gasteiger partial charge in [-0.3, -0.25) is 4.79 Å². The van der Waals surface area contributed by atoms with Gasteiger partial charge in [-0.2, -0.15) is 0 Å². The molecule has 0 spiro atoms. The smallest absolute Gasteiger partial charge is 0.229 e. The van der Waals surface area contributed by atoms with E-state index >= 15 is 0 Å². The van der Waals surface area contributed by atoms with E-state index in [4.69, 9.17) is 4.98 Å². The quantitative estimate of drug-likeness (QED) is 0.584. The predicted octanol–water partition coefficient (Wildman–Crippen LogP) is 4.68. The van der Waals surface area contributed by atoms with Gasteiger partial charge in [-0.1, -0.05) is 54.2 Å².